The molecule has 0 atom stereocenters. The van der Waals surface area contributed by atoms with Gasteiger partial charge in [0.15, 0.2) is 0 Å². The molecule has 0 aliphatic heterocycles. The van der Waals surface area contributed by atoms with Gasteiger partial charge in [-0.15, -0.1) is 0 Å². The maximum absolute atomic E-state index is 12.5. The van der Waals surface area contributed by atoms with Crippen molar-refractivity contribution in [1.29, 1.82) is 0 Å². The van der Waals surface area contributed by atoms with Crippen LogP contribution in [0.3, 0.4) is 0 Å². The van der Waals surface area contributed by atoms with E-state index in [2.05, 4.69) is 10.6 Å². The minimum atomic E-state index is -4.38. The predicted octanol–water partition coefficient (Wildman–Crippen LogP) is 4.76. The lowest BCUT2D eigenvalue weighted by Crippen LogP contribution is -2.16. The van der Waals surface area contributed by atoms with Gasteiger partial charge in [0.05, 0.1) is 5.56 Å². The summed E-state index contributed by atoms with van der Waals surface area (Å²) in [7, 11) is 0. The van der Waals surface area contributed by atoms with Crippen LogP contribution in [-0.4, -0.2) is 12.5 Å². The first-order valence-electron chi connectivity index (χ1n) is 7.54. The Balaban J connectivity index is 1.83. The Morgan fingerprint density at radius 1 is 1.04 bits per heavy atom. The normalized spacial score (nSPS) is 11.2. The van der Waals surface area contributed by atoms with Gasteiger partial charge in [-0.05, 0) is 49.7 Å². The van der Waals surface area contributed by atoms with Crippen LogP contribution in [0, 0.1) is 13.8 Å². The number of benzene rings is 2. The van der Waals surface area contributed by atoms with Gasteiger partial charge in [-0.3, -0.25) is 4.79 Å². The number of nitrogens with one attached hydrogen (secondary N) is 2. The summed E-state index contributed by atoms with van der Waals surface area (Å²) in [4.78, 5) is 11.9. The molecule has 0 heterocycles. The summed E-state index contributed by atoms with van der Waals surface area (Å²) >= 11 is 0. The molecule has 0 spiro atoms. The molecule has 0 bridgehead atoms. The maximum atomic E-state index is 12.5. The molecule has 0 aliphatic rings. The number of amides is 1. The van der Waals surface area contributed by atoms with Crippen LogP contribution in [-0.2, 0) is 11.0 Å². The summed E-state index contributed by atoms with van der Waals surface area (Å²) < 4.78 is 37.4. The van der Waals surface area contributed by atoms with E-state index in [0.29, 0.717) is 12.2 Å². The Hall–Kier alpha value is -2.50. The van der Waals surface area contributed by atoms with Crippen LogP contribution in [0.2, 0.25) is 0 Å². The van der Waals surface area contributed by atoms with Gasteiger partial charge in [0.25, 0.3) is 0 Å². The van der Waals surface area contributed by atoms with Crippen molar-refractivity contribution in [3.05, 3.63) is 59.2 Å². The zero-order valence-corrected chi connectivity index (χ0v) is 13.5. The van der Waals surface area contributed by atoms with Gasteiger partial charge in [0.2, 0.25) is 5.91 Å². The molecule has 0 aromatic heterocycles. The lowest BCUT2D eigenvalue weighted by molar-refractivity contribution is -0.137. The van der Waals surface area contributed by atoms with Crippen LogP contribution in [0.25, 0.3) is 0 Å². The fourth-order valence-electron chi connectivity index (χ4n) is 2.29. The largest absolute Gasteiger partial charge is 0.416 e. The van der Waals surface area contributed by atoms with Crippen LogP contribution >= 0.6 is 0 Å². The molecule has 0 saturated heterocycles. The van der Waals surface area contributed by atoms with E-state index in [1.54, 1.807) is 0 Å². The first kappa shape index (κ1) is 17.8. The van der Waals surface area contributed by atoms with E-state index in [-0.39, 0.29) is 12.3 Å². The highest BCUT2D eigenvalue weighted by atomic mass is 19.4. The second kappa shape index (κ2) is 7.38. The second-order valence-electron chi connectivity index (χ2n) is 5.62. The van der Waals surface area contributed by atoms with Crippen molar-refractivity contribution in [3.8, 4) is 0 Å². The number of halogens is 3. The molecule has 0 unspecified atom stereocenters. The van der Waals surface area contributed by atoms with Gasteiger partial charge in [0.1, 0.15) is 0 Å². The van der Waals surface area contributed by atoms with Gasteiger partial charge < -0.3 is 10.6 Å². The van der Waals surface area contributed by atoms with E-state index in [9.17, 15) is 18.0 Å². The molecule has 24 heavy (non-hydrogen) atoms. The molecule has 0 fully saturated rings. The van der Waals surface area contributed by atoms with Gasteiger partial charge >= 0.3 is 6.18 Å². The van der Waals surface area contributed by atoms with E-state index in [1.165, 1.54) is 12.1 Å². The molecule has 0 saturated carbocycles. The fraction of sp³-hybridized carbons (Fsp3) is 0.278. The molecule has 2 N–H and O–H groups in total. The smallest absolute Gasteiger partial charge is 0.384 e. The van der Waals surface area contributed by atoms with E-state index in [1.807, 2.05) is 32.0 Å². The summed E-state index contributed by atoms with van der Waals surface area (Å²) in [5.41, 5.74) is 2.83. The highest BCUT2D eigenvalue weighted by Crippen LogP contribution is 2.29. The fourth-order valence-corrected chi connectivity index (χ4v) is 2.29. The predicted molar refractivity (Wildman–Crippen MR) is 89.1 cm³/mol. The third-order valence-corrected chi connectivity index (χ3v) is 3.55. The molecule has 2 aromatic carbocycles. The van der Waals surface area contributed by atoms with Crippen LogP contribution in [0.15, 0.2) is 42.5 Å². The average molecular weight is 336 g/mol. The van der Waals surface area contributed by atoms with Crippen molar-refractivity contribution in [2.24, 2.45) is 0 Å². The highest BCUT2D eigenvalue weighted by Gasteiger charge is 2.29. The van der Waals surface area contributed by atoms with Crippen LogP contribution in [0.4, 0.5) is 24.5 Å². The molecule has 1 amide bonds. The van der Waals surface area contributed by atoms with Crippen molar-refractivity contribution in [2.45, 2.75) is 26.4 Å². The number of hydrogen-bond donors (Lipinski definition) is 2. The summed E-state index contributed by atoms with van der Waals surface area (Å²) in [5.74, 6) is -0.257. The molecule has 0 radical (unpaired) electrons. The molecule has 3 nitrogen and oxygen atoms in total. The number of hydrogen-bond acceptors (Lipinski definition) is 2. The summed E-state index contributed by atoms with van der Waals surface area (Å²) in [6.07, 6.45) is -4.16. The Labute approximate surface area is 138 Å². The van der Waals surface area contributed by atoms with Gasteiger partial charge in [-0.25, -0.2) is 0 Å². The number of anilines is 2. The van der Waals surface area contributed by atoms with Gasteiger partial charge in [-0.1, -0.05) is 17.7 Å². The van der Waals surface area contributed by atoms with E-state index in [0.717, 1.165) is 28.9 Å². The molecular weight excluding hydrogens is 317 g/mol. The first-order valence-corrected chi connectivity index (χ1v) is 7.54. The summed E-state index contributed by atoms with van der Waals surface area (Å²) in [6.45, 7) is 4.43. The minimum Gasteiger partial charge on any atom is -0.384 e. The van der Waals surface area contributed by atoms with Crippen molar-refractivity contribution >= 4 is 17.3 Å². The van der Waals surface area contributed by atoms with E-state index < -0.39 is 11.7 Å². The minimum absolute atomic E-state index is 0.217. The topological polar surface area (TPSA) is 41.1 Å². The van der Waals surface area contributed by atoms with E-state index >= 15 is 0 Å². The number of aryl methyl sites for hydroxylation is 2. The highest BCUT2D eigenvalue weighted by molar-refractivity contribution is 5.91. The Kier molecular flexibility index (Phi) is 5.49. The molecule has 2 aromatic rings. The summed E-state index contributed by atoms with van der Waals surface area (Å²) in [5, 5.41) is 5.76. The molecular formula is C18H19F3N2O. The molecule has 128 valence electrons. The Morgan fingerprint density at radius 3 is 2.29 bits per heavy atom. The lowest BCUT2D eigenvalue weighted by atomic mass is 10.1. The van der Waals surface area contributed by atoms with Crippen molar-refractivity contribution in [2.75, 3.05) is 17.2 Å². The van der Waals surface area contributed by atoms with Crippen molar-refractivity contribution in [1.82, 2.24) is 0 Å². The number of carbonyl (C=O) groups excluding carboxylic acids is 1. The summed E-state index contributed by atoms with van der Waals surface area (Å²) in [6, 6.07) is 10.4. The van der Waals surface area contributed by atoms with Gasteiger partial charge in [-0.2, -0.15) is 13.2 Å². The monoisotopic (exact) mass is 336 g/mol. The SMILES string of the molecule is Cc1ccc(NCCC(=O)Nc2ccc(C(F)(F)F)cc2)c(C)c1. The first-order chi connectivity index (χ1) is 11.3. The Morgan fingerprint density at radius 2 is 1.71 bits per heavy atom. The zero-order valence-electron chi connectivity index (χ0n) is 13.5. The molecule has 0 aliphatic carbocycles. The molecule has 2 rings (SSSR count). The Bertz CT molecular complexity index is 709. The number of rotatable bonds is 5. The van der Waals surface area contributed by atoms with Crippen molar-refractivity contribution in [3.63, 3.8) is 0 Å². The van der Waals surface area contributed by atoms with Crippen LogP contribution in [0.1, 0.15) is 23.1 Å². The van der Waals surface area contributed by atoms with Gasteiger partial charge in [0, 0.05) is 24.3 Å². The van der Waals surface area contributed by atoms with Crippen LogP contribution in [0.5, 0.6) is 0 Å². The quantitative estimate of drug-likeness (QED) is 0.826. The van der Waals surface area contributed by atoms with Crippen LogP contribution < -0.4 is 10.6 Å². The molecule has 6 heteroatoms. The maximum Gasteiger partial charge on any atom is 0.416 e. The zero-order chi connectivity index (χ0) is 17.7. The second-order valence-corrected chi connectivity index (χ2v) is 5.62. The standard InChI is InChI=1S/C18H19F3N2O/c1-12-3-8-16(13(2)11-12)22-10-9-17(24)23-15-6-4-14(5-7-15)18(19,20)21/h3-8,11,22H,9-10H2,1-2H3,(H,23,24). The third-order valence-electron chi connectivity index (χ3n) is 3.55. The number of alkyl halides is 3. The number of carbonyl (C=O) groups is 1. The van der Waals surface area contributed by atoms with E-state index in [4.69, 9.17) is 0 Å². The lowest BCUT2D eigenvalue weighted by Gasteiger charge is -2.11. The van der Waals surface area contributed by atoms with Crippen molar-refractivity contribution < 1.29 is 18.0 Å². The third kappa shape index (κ3) is 5.01. The average Bonchev–Trinajstić information content (AvgIpc) is 2.49.